The number of amides is 1. The minimum Gasteiger partial charge on any atom is -0.478 e. The van der Waals surface area contributed by atoms with Gasteiger partial charge in [-0.2, -0.15) is 0 Å². The van der Waals surface area contributed by atoms with Crippen molar-refractivity contribution in [2.75, 3.05) is 13.1 Å². The Bertz CT molecular complexity index is 609. The number of aromatic carboxylic acids is 1. The van der Waals surface area contributed by atoms with Gasteiger partial charge < -0.3 is 14.7 Å². The summed E-state index contributed by atoms with van der Waals surface area (Å²) < 4.78 is 19.2. The van der Waals surface area contributed by atoms with E-state index < -0.39 is 17.4 Å². The molecule has 0 spiro atoms. The topological polar surface area (TPSA) is 66.8 Å². The van der Waals surface area contributed by atoms with Crippen molar-refractivity contribution < 1.29 is 23.8 Å². The number of nitrogens with zero attached hydrogens (tertiary/aromatic N) is 1. The highest BCUT2D eigenvalue weighted by atomic mass is 19.1. The van der Waals surface area contributed by atoms with Gasteiger partial charge in [0.2, 0.25) is 0 Å². The summed E-state index contributed by atoms with van der Waals surface area (Å²) in [6.07, 6.45) is 1.25. The van der Waals surface area contributed by atoms with Crippen molar-refractivity contribution in [2.24, 2.45) is 0 Å². The van der Waals surface area contributed by atoms with Crippen molar-refractivity contribution in [3.05, 3.63) is 35.1 Å². The molecular formula is C17H22FNO4. The fourth-order valence-corrected chi connectivity index (χ4v) is 2.70. The van der Waals surface area contributed by atoms with Gasteiger partial charge >= 0.3 is 12.1 Å². The third-order valence-electron chi connectivity index (χ3n) is 3.77. The van der Waals surface area contributed by atoms with E-state index in [4.69, 9.17) is 9.84 Å². The largest absolute Gasteiger partial charge is 0.478 e. The molecule has 1 aromatic carbocycles. The molecule has 1 aromatic rings. The van der Waals surface area contributed by atoms with Crippen molar-refractivity contribution in [3.63, 3.8) is 0 Å². The van der Waals surface area contributed by atoms with Crippen LogP contribution in [0, 0.1) is 5.82 Å². The monoisotopic (exact) mass is 323 g/mol. The SMILES string of the molecule is CC(C)(C)OC(=O)N1CCCC(c2ccc(C(=O)O)c(F)c2)C1. The summed E-state index contributed by atoms with van der Waals surface area (Å²) in [5.41, 5.74) is -0.187. The fraction of sp³-hybridized carbons (Fsp3) is 0.529. The van der Waals surface area contributed by atoms with Crippen molar-refractivity contribution in [1.82, 2.24) is 4.90 Å². The Morgan fingerprint density at radius 2 is 2.04 bits per heavy atom. The lowest BCUT2D eigenvalue weighted by atomic mass is 9.90. The van der Waals surface area contributed by atoms with Crippen molar-refractivity contribution in [3.8, 4) is 0 Å². The number of halogens is 1. The summed E-state index contributed by atoms with van der Waals surface area (Å²) in [7, 11) is 0. The van der Waals surface area contributed by atoms with Gasteiger partial charge in [-0.1, -0.05) is 6.07 Å². The smallest absolute Gasteiger partial charge is 0.410 e. The molecule has 1 atom stereocenters. The second-order valence-corrected chi connectivity index (χ2v) is 6.81. The minimum absolute atomic E-state index is 0.0198. The number of piperidine rings is 1. The third-order valence-corrected chi connectivity index (χ3v) is 3.77. The van der Waals surface area contributed by atoms with Gasteiger partial charge in [0.1, 0.15) is 11.4 Å². The molecule has 6 heteroatoms. The molecule has 126 valence electrons. The number of carbonyl (C=O) groups excluding carboxylic acids is 1. The molecule has 5 nitrogen and oxygen atoms in total. The van der Waals surface area contributed by atoms with E-state index in [2.05, 4.69) is 0 Å². The lowest BCUT2D eigenvalue weighted by molar-refractivity contribution is 0.0198. The van der Waals surface area contributed by atoms with Crippen molar-refractivity contribution in [2.45, 2.75) is 45.1 Å². The maximum Gasteiger partial charge on any atom is 0.410 e. The van der Waals surface area contributed by atoms with Crippen LogP contribution in [0.1, 0.15) is 55.5 Å². The van der Waals surface area contributed by atoms with E-state index in [0.29, 0.717) is 18.7 Å². The van der Waals surface area contributed by atoms with Gasteiger partial charge in [0.25, 0.3) is 0 Å². The maximum atomic E-state index is 13.8. The lowest BCUT2D eigenvalue weighted by Crippen LogP contribution is -2.42. The molecule has 1 saturated heterocycles. The first-order valence-electron chi connectivity index (χ1n) is 7.68. The molecule has 0 aliphatic carbocycles. The summed E-state index contributed by atoms with van der Waals surface area (Å²) >= 11 is 0. The van der Waals surface area contributed by atoms with Crippen LogP contribution in [0.3, 0.4) is 0 Å². The molecule has 1 amide bonds. The van der Waals surface area contributed by atoms with E-state index >= 15 is 0 Å². The van der Waals surface area contributed by atoms with Crippen molar-refractivity contribution in [1.29, 1.82) is 0 Å². The number of carboxylic acids is 1. The highest BCUT2D eigenvalue weighted by Gasteiger charge is 2.28. The molecule has 2 rings (SSSR count). The zero-order valence-electron chi connectivity index (χ0n) is 13.6. The van der Waals surface area contributed by atoms with Crippen molar-refractivity contribution >= 4 is 12.1 Å². The molecule has 0 bridgehead atoms. The quantitative estimate of drug-likeness (QED) is 0.902. The van der Waals surface area contributed by atoms with E-state index in [1.165, 1.54) is 12.1 Å². The number of carbonyl (C=O) groups is 2. The zero-order valence-corrected chi connectivity index (χ0v) is 13.6. The summed E-state index contributed by atoms with van der Waals surface area (Å²) in [6.45, 7) is 6.49. The molecule has 0 radical (unpaired) electrons. The first kappa shape index (κ1) is 17.2. The van der Waals surface area contributed by atoms with Crippen LogP contribution in [-0.4, -0.2) is 40.8 Å². The Morgan fingerprint density at radius 1 is 1.35 bits per heavy atom. The summed E-state index contributed by atoms with van der Waals surface area (Å²) in [5, 5.41) is 8.88. The normalized spacial score (nSPS) is 18.6. The standard InChI is InChI=1S/C17H22FNO4/c1-17(2,3)23-16(22)19-8-4-5-12(10-19)11-6-7-13(15(20)21)14(18)9-11/h6-7,9,12H,4-5,8,10H2,1-3H3,(H,20,21). The molecule has 1 N–H and O–H groups in total. The van der Waals surface area contributed by atoms with Gasteiger partial charge in [-0.25, -0.2) is 14.0 Å². The maximum absolute atomic E-state index is 13.8. The molecule has 23 heavy (non-hydrogen) atoms. The molecule has 1 aliphatic rings. The molecule has 1 fully saturated rings. The summed E-state index contributed by atoms with van der Waals surface area (Å²) in [6, 6.07) is 4.15. The highest BCUT2D eigenvalue weighted by molar-refractivity contribution is 5.87. The van der Waals surface area contributed by atoms with E-state index in [0.717, 1.165) is 12.8 Å². The van der Waals surface area contributed by atoms with E-state index in [-0.39, 0.29) is 17.6 Å². The van der Waals surface area contributed by atoms with Crippen LogP contribution in [0.15, 0.2) is 18.2 Å². The molecule has 1 heterocycles. The van der Waals surface area contributed by atoms with Gasteiger partial charge in [-0.05, 0) is 51.3 Å². The average molecular weight is 323 g/mol. The first-order chi connectivity index (χ1) is 10.7. The van der Waals surface area contributed by atoms with E-state index in [9.17, 15) is 14.0 Å². The van der Waals surface area contributed by atoms with Crippen LogP contribution in [0.2, 0.25) is 0 Å². The number of hydrogen-bond acceptors (Lipinski definition) is 3. The fourth-order valence-electron chi connectivity index (χ4n) is 2.70. The van der Waals surface area contributed by atoms with Gasteiger partial charge in [-0.15, -0.1) is 0 Å². The molecule has 1 aliphatic heterocycles. The van der Waals surface area contributed by atoms with E-state index in [1.54, 1.807) is 11.0 Å². The van der Waals surface area contributed by atoms with Crippen LogP contribution >= 0.6 is 0 Å². The molecule has 1 unspecified atom stereocenters. The number of likely N-dealkylation sites (tertiary alicyclic amines) is 1. The minimum atomic E-state index is -1.28. The Balaban J connectivity index is 2.11. The molecular weight excluding hydrogens is 301 g/mol. The summed E-state index contributed by atoms with van der Waals surface area (Å²) in [5.74, 6) is -2.05. The van der Waals surface area contributed by atoms with Crippen LogP contribution in [0.4, 0.5) is 9.18 Å². The van der Waals surface area contributed by atoms with Gasteiger partial charge in [-0.3, -0.25) is 0 Å². The van der Waals surface area contributed by atoms with Crippen LogP contribution < -0.4 is 0 Å². The average Bonchev–Trinajstić information content (AvgIpc) is 2.45. The Hall–Kier alpha value is -2.11. The number of rotatable bonds is 2. The third kappa shape index (κ3) is 4.43. The Morgan fingerprint density at radius 3 is 2.61 bits per heavy atom. The zero-order chi connectivity index (χ0) is 17.2. The first-order valence-corrected chi connectivity index (χ1v) is 7.68. The number of hydrogen-bond donors (Lipinski definition) is 1. The van der Waals surface area contributed by atoms with Crippen LogP contribution in [-0.2, 0) is 4.74 Å². The number of carboxylic acid groups (broad SMARTS) is 1. The molecule has 0 saturated carbocycles. The summed E-state index contributed by atoms with van der Waals surface area (Å²) in [4.78, 5) is 24.7. The van der Waals surface area contributed by atoms with Crippen LogP contribution in [0.25, 0.3) is 0 Å². The molecule has 0 aromatic heterocycles. The predicted molar refractivity (Wildman–Crippen MR) is 83.1 cm³/mol. The lowest BCUT2D eigenvalue weighted by Gasteiger charge is -2.34. The van der Waals surface area contributed by atoms with Gasteiger partial charge in [0.05, 0.1) is 5.56 Å². The second-order valence-electron chi connectivity index (χ2n) is 6.81. The number of ether oxygens (including phenoxy) is 1. The second kappa shape index (κ2) is 6.56. The highest BCUT2D eigenvalue weighted by Crippen LogP contribution is 2.29. The Kier molecular flexibility index (Phi) is 4.92. The number of benzene rings is 1. The van der Waals surface area contributed by atoms with Gasteiger partial charge in [0.15, 0.2) is 0 Å². The Labute approximate surface area is 135 Å². The van der Waals surface area contributed by atoms with Crippen LogP contribution in [0.5, 0.6) is 0 Å². The van der Waals surface area contributed by atoms with Gasteiger partial charge in [0, 0.05) is 19.0 Å². The van der Waals surface area contributed by atoms with E-state index in [1.807, 2.05) is 20.8 Å². The predicted octanol–water partition coefficient (Wildman–Crippen LogP) is 3.64.